The van der Waals surface area contributed by atoms with Crippen molar-refractivity contribution in [3.8, 4) is 22.5 Å². The van der Waals surface area contributed by atoms with Crippen LogP contribution in [0.4, 0.5) is 5.82 Å². The van der Waals surface area contributed by atoms with Crippen LogP contribution < -0.4 is 10.0 Å². The van der Waals surface area contributed by atoms with E-state index in [1.54, 1.807) is 12.1 Å². The Labute approximate surface area is 150 Å². The minimum Gasteiger partial charge on any atom is -0.395 e. The van der Waals surface area contributed by atoms with E-state index in [0.717, 1.165) is 33.9 Å². The Morgan fingerprint density at radius 2 is 2.19 bits per heavy atom. The van der Waals surface area contributed by atoms with Gasteiger partial charge >= 0.3 is 0 Å². The van der Waals surface area contributed by atoms with Gasteiger partial charge in [-0.3, -0.25) is 4.68 Å². The topological polar surface area (TPSA) is 112 Å². The Kier molecular flexibility index (Phi) is 4.06. The molecular weight excluding hydrogens is 354 g/mol. The first-order valence-electron chi connectivity index (χ1n) is 8.18. The maximum atomic E-state index is 12.3. The van der Waals surface area contributed by atoms with Gasteiger partial charge in [0.1, 0.15) is 5.82 Å². The summed E-state index contributed by atoms with van der Waals surface area (Å²) in [6.07, 6.45) is 1.85. The lowest BCUT2D eigenvalue weighted by atomic mass is 10.1. The summed E-state index contributed by atoms with van der Waals surface area (Å²) in [7, 11) is -1.75. The molecule has 0 bridgehead atoms. The third kappa shape index (κ3) is 2.79. The van der Waals surface area contributed by atoms with E-state index in [1.165, 1.54) is 6.07 Å². The van der Waals surface area contributed by atoms with Gasteiger partial charge in [0.25, 0.3) is 0 Å². The van der Waals surface area contributed by atoms with Crippen molar-refractivity contribution in [1.82, 2.24) is 19.5 Å². The second-order valence-corrected chi connectivity index (χ2v) is 7.88. The number of aliphatic hydroxyl groups excluding tert-OH is 1. The van der Waals surface area contributed by atoms with Gasteiger partial charge in [0.05, 0.1) is 23.4 Å². The second kappa shape index (κ2) is 6.27. The predicted octanol–water partition coefficient (Wildman–Crippen LogP) is 1.28. The number of aromatic amines is 1. The monoisotopic (exact) mass is 373 g/mol. The predicted molar refractivity (Wildman–Crippen MR) is 98.0 cm³/mol. The van der Waals surface area contributed by atoms with Crippen LogP contribution in [0, 0.1) is 0 Å². The van der Waals surface area contributed by atoms with E-state index in [9.17, 15) is 8.42 Å². The molecule has 0 radical (unpaired) electrons. The lowest BCUT2D eigenvalue weighted by Crippen LogP contribution is -2.26. The van der Waals surface area contributed by atoms with E-state index in [0.29, 0.717) is 6.54 Å². The van der Waals surface area contributed by atoms with E-state index in [-0.39, 0.29) is 18.0 Å². The number of nitrogens with zero attached hydrogens (tertiary/aromatic N) is 2. The summed E-state index contributed by atoms with van der Waals surface area (Å²) in [6.45, 7) is 0.424. The SMILES string of the molecule is Cn1ncc2c1-c1cc(-c3cccc(S(=O)(=O)NCCO)c3)[nH]c1NC2. The fourth-order valence-electron chi connectivity index (χ4n) is 3.17. The van der Waals surface area contributed by atoms with Gasteiger partial charge < -0.3 is 15.4 Å². The molecule has 0 amide bonds. The van der Waals surface area contributed by atoms with Crippen LogP contribution in [-0.2, 0) is 23.6 Å². The standard InChI is InChI=1S/C17H19N5O3S/c1-22-16-12(10-19-22)9-18-17-14(16)8-15(21-17)11-3-2-4-13(7-11)26(24,25)20-5-6-23/h2-4,7-8,10,18,20-21,23H,5-6,9H2,1H3. The molecule has 136 valence electrons. The van der Waals surface area contributed by atoms with Crippen LogP contribution in [0.5, 0.6) is 0 Å². The number of nitrogens with one attached hydrogen (secondary N) is 3. The van der Waals surface area contributed by atoms with Gasteiger partial charge in [-0.25, -0.2) is 13.1 Å². The van der Waals surface area contributed by atoms with Crippen LogP contribution in [0.3, 0.4) is 0 Å². The highest BCUT2D eigenvalue weighted by atomic mass is 32.2. The highest BCUT2D eigenvalue weighted by molar-refractivity contribution is 7.89. The minimum absolute atomic E-state index is 0.0173. The number of aliphatic hydroxyl groups is 1. The van der Waals surface area contributed by atoms with Crippen molar-refractivity contribution >= 4 is 15.8 Å². The summed E-state index contributed by atoms with van der Waals surface area (Å²) in [6, 6.07) is 8.69. The number of anilines is 1. The van der Waals surface area contributed by atoms with Crippen molar-refractivity contribution in [2.45, 2.75) is 11.4 Å². The van der Waals surface area contributed by atoms with Gasteiger partial charge in [-0.15, -0.1) is 0 Å². The molecule has 1 aliphatic rings. The van der Waals surface area contributed by atoms with Crippen molar-refractivity contribution < 1.29 is 13.5 Å². The molecule has 8 nitrogen and oxygen atoms in total. The number of hydrogen-bond donors (Lipinski definition) is 4. The Morgan fingerprint density at radius 3 is 3.00 bits per heavy atom. The summed E-state index contributed by atoms with van der Waals surface area (Å²) in [4.78, 5) is 3.48. The van der Waals surface area contributed by atoms with Gasteiger partial charge in [-0.2, -0.15) is 5.10 Å². The first kappa shape index (κ1) is 16.8. The number of hydrogen-bond acceptors (Lipinski definition) is 5. The number of H-pyrrole nitrogens is 1. The molecule has 0 saturated carbocycles. The molecule has 3 heterocycles. The van der Waals surface area contributed by atoms with E-state index in [2.05, 4.69) is 20.1 Å². The summed E-state index contributed by atoms with van der Waals surface area (Å²) in [5.74, 6) is 0.891. The first-order chi connectivity index (χ1) is 12.5. The molecule has 3 aromatic rings. The second-order valence-electron chi connectivity index (χ2n) is 6.12. The van der Waals surface area contributed by atoms with Crippen molar-refractivity contribution in [2.75, 3.05) is 18.5 Å². The zero-order chi connectivity index (χ0) is 18.3. The molecule has 0 unspecified atom stereocenters. The van der Waals surface area contributed by atoms with Crippen LogP contribution in [0.15, 0.2) is 41.4 Å². The lowest BCUT2D eigenvalue weighted by Gasteiger charge is -2.14. The highest BCUT2D eigenvalue weighted by Crippen LogP contribution is 2.38. The third-order valence-electron chi connectivity index (χ3n) is 4.40. The molecule has 26 heavy (non-hydrogen) atoms. The minimum atomic E-state index is -3.66. The lowest BCUT2D eigenvalue weighted by molar-refractivity contribution is 0.301. The summed E-state index contributed by atoms with van der Waals surface area (Å²) in [5, 5.41) is 16.5. The number of fused-ring (bicyclic) bond motifs is 3. The molecule has 0 fully saturated rings. The number of sulfonamides is 1. The van der Waals surface area contributed by atoms with E-state index in [4.69, 9.17) is 5.11 Å². The van der Waals surface area contributed by atoms with Crippen LogP contribution in [0.2, 0.25) is 0 Å². The quantitative estimate of drug-likeness (QED) is 0.538. The molecule has 0 saturated heterocycles. The van der Waals surface area contributed by atoms with Crippen molar-refractivity contribution in [2.24, 2.45) is 7.05 Å². The molecule has 4 rings (SSSR count). The Morgan fingerprint density at radius 1 is 1.35 bits per heavy atom. The molecular formula is C17H19N5O3S. The van der Waals surface area contributed by atoms with Crippen molar-refractivity contribution in [3.63, 3.8) is 0 Å². The zero-order valence-electron chi connectivity index (χ0n) is 14.2. The molecule has 4 N–H and O–H groups in total. The van der Waals surface area contributed by atoms with Crippen LogP contribution in [-0.4, -0.2) is 41.4 Å². The smallest absolute Gasteiger partial charge is 0.240 e. The molecule has 0 spiro atoms. The van der Waals surface area contributed by atoms with Crippen LogP contribution in [0.1, 0.15) is 5.56 Å². The summed E-state index contributed by atoms with van der Waals surface area (Å²) >= 11 is 0. The zero-order valence-corrected chi connectivity index (χ0v) is 15.0. The maximum Gasteiger partial charge on any atom is 0.240 e. The molecule has 2 aromatic heterocycles. The Hall–Kier alpha value is -2.62. The van der Waals surface area contributed by atoms with E-state index < -0.39 is 10.0 Å². The van der Waals surface area contributed by atoms with Crippen LogP contribution >= 0.6 is 0 Å². The average molecular weight is 373 g/mol. The summed E-state index contributed by atoms with van der Waals surface area (Å²) < 4.78 is 28.8. The summed E-state index contributed by atoms with van der Waals surface area (Å²) in [5.41, 5.74) is 4.75. The fraction of sp³-hybridized carbons (Fsp3) is 0.235. The number of aromatic nitrogens is 3. The van der Waals surface area contributed by atoms with Gasteiger partial charge in [0.2, 0.25) is 10.0 Å². The third-order valence-corrected chi connectivity index (χ3v) is 5.86. The van der Waals surface area contributed by atoms with E-state index >= 15 is 0 Å². The van der Waals surface area contributed by atoms with Gasteiger partial charge in [0, 0.05) is 37.0 Å². The number of aryl methyl sites for hydroxylation is 1. The number of benzene rings is 1. The fourth-order valence-corrected chi connectivity index (χ4v) is 4.24. The Bertz CT molecular complexity index is 1070. The maximum absolute atomic E-state index is 12.3. The normalized spacial score (nSPS) is 13.2. The molecule has 1 aliphatic heterocycles. The largest absolute Gasteiger partial charge is 0.395 e. The van der Waals surface area contributed by atoms with Crippen LogP contribution in [0.25, 0.3) is 22.5 Å². The van der Waals surface area contributed by atoms with Gasteiger partial charge in [0.15, 0.2) is 0 Å². The highest BCUT2D eigenvalue weighted by Gasteiger charge is 2.23. The van der Waals surface area contributed by atoms with Gasteiger partial charge in [-0.1, -0.05) is 12.1 Å². The van der Waals surface area contributed by atoms with E-state index in [1.807, 2.05) is 30.1 Å². The molecule has 0 atom stereocenters. The molecule has 0 aliphatic carbocycles. The molecule has 9 heteroatoms. The Balaban J connectivity index is 1.74. The number of rotatable bonds is 5. The van der Waals surface area contributed by atoms with Crippen molar-refractivity contribution in [1.29, 1.82) is 0 Å². The average Bonchev–Trinajstić information content (AvgIpc) is 3.23. The molecule has 1 aromatic carbocycles. The van der Waals surface area contributed by atoms with Gasteiger partial charge in [-0.05, 0) is 23.8 Å². The van der Waals surface area contributed by atoms with Crippen molar-refractivity contribution in [3.05, 3.63) is 42.1 Å². The first-order valence-corrected chi connectivity index (χ1v) is 9.67.